The van der Waals surface area contributed by atoms with Crippen molar-refractivity contribution in [3.05, 3.63) is 0 Å². The smallest absolute Gasteiger partial charge is 0.0712 e. The van der Waals surface area contributed by atoms with Crippen molar-refractivity contribution in [2.45, 2.75) is 51.2 Å². The zero-order valence-electron chi connectivity index (χ0n) is 10.6. The van der Waals surface area contributed by atoms with Gasteiger partial charge in [0.2, 0.25) is 0 Å². The molecule has 0 aromatic rings. The minimum Gasteiger partial charge on any atom is -0.376 e. The third kappa shape index (κ3) is 4.04. The fourth-order valence-electron chi connectivity index (χ4n) is 2.39. The first kappa shape index (κ1) is 12.3. The quantitative estimate of drug-likeness (QED) is 0.714. The number of ether oxygens (including phenoxy) is 1. The highest BCUT2D eigenvalue weighted by Gasteiger charge is 2.28. The fraction of sp³-hybridized carbons (Fsp3) is 1.00. The summed E-state index contributed by atoms with van der Waals surface area (Å²) in [6, 6.07) is 0.906. The molecule has 1 N–H and O–H groups in total. The van der Waals surface area contributed by atoms with Crippen molar-refractivity contribution < 1.29 is 4.74 Å². The Hall–Kier alpha value is -0.120. The molecule has 94 valence electrons. The van der Waals surface area contributed by atoms with Gasteiger partial charge in [-0.2, -0.15) is 0 Å². The van der Waals surface area contributed by atoms with Crippen LogP contribution < -0.4 is 5.32 Å². The number of hydrogen-bond acceptors (Lipinski definition) is 3. The molecule has 2 rings (SSSR count). The Morgan fingerprint density at radius 2 is 2.19 bits per heavy atom. The van der Waals surface area contributed by atoms with Crippen molar-refractivity contribution in [2.24, 2.45) is 0 Å². The Bertz CT molecular complexity index is 188. The van der Waals surface area contributed by atoms with Crippen LogP contribution in [0.25, 0.3) is 0 Å². The van der Waals surface area contributed by atoms with Crippen LogP contribution in [0.4, 0.5) is 0 Å². The van der Waals surface area contributed by atoms with E-state index in [4.69, 9.17) is 4.74 Å². The molecular formula is C13H26N2O. The lowest BCUT2D eigenvalue weighted by Crippen LogP contribution is -2.41. The highest BCUT2D eigenvalue weighted by molar-refractivity contribution is 4.85. The average molecular weight is 226 g/mol. The van der Waals surface area contributed by atoms with Gasteiger partial charge >= 0.3 is 0 Å². The standard InChI is InChI=1S/C13H26N2O/c1-2-3-8-15(12-4-5-12)9-6-13-11-14-7-10-16-13/h12-14H,2-11H2,1H3. The summed E-state index contributed by atoms with van der Waals surface area (Å²) in [7, 11) is 0. The third-order valence-electron chi connectivity index (χ3n) is 3.60. The molecule has 16 heavy (non-hydrogen) atoms. The summed E-state index contributed by atoms with van der Waals surface area (Å²) in [6.45, 7) is 7.77. The van der Waals surface area contributed by atoms with Crippen molar-refractivity contribution in [1.82, 2.24) is 10.2 Å². The Kier molecular flexibility index (Phi) is 5.07. The molecule has 0 spiro atoms. The Balaban J connectivity index is 1.64. The van der Waals surface area contributed by atoms with Gasteiger partial charge in [0.05, 0.1) is 12.7 Å². The molecule has 1 saturated heterocycles. The first-order chi connectivity index (χ1) is 7.90. The Morgan fingerprint density at radius 1 is 1.31 bits per heavy atom. The maximum Gasteiger partial charge on any atom is 0.0712 e. The summed E-state index contributed by atoms with van der Waals surface area (Å²) >= 11 is 0. The first-order valence-electron chi connectivity index (χ1n) is 6.96. The molecule has 1 heterocycles. The van der Waals surface area contributed by atoms with Gasteiger partial charge in [0.15, 0.2) is 0 Å². The van der Waals surface area contributed by atoms with Crippen molar-refractivity contribution in [2.75, 3.05) is 32.8 Å². The number of hydrogen-bond donors (Lipinski definition) is 1. The van der Waals surface area contributed by atoms with Gasteiger partial charge < -0.3 is 15.0 Å². The van der Waals surface area contributed by atoms with Crippen molar-refractivity contribution in [3.8, 4) is 0 Å². The molecule has 0 aromatic heterocycles. The molecule has 0 amide bonds. The van der Waals surface area contributed by atoms with Gasteiger partial charge in [-0.3, -0.25) is 0 Å². The molecule has 3 nitrogen and oxygen atoms in total. The second-order valence-corrected chi connectivity index (χ2v) is 5.11. The second-order valence-electron chi connectivity index (χ2n) is 5.11. The molecule has 1 unspecified atom stereocenters. The molecule has 1 aliphatic heterocycles. The van der Waals surface area contributed by atoms with Gasteiger partial charge in [0, 0.05) is 25.7 Å². The van der Waals surface area contributed by atoms with E-state index in [1.165, 1.54) is 45.2 Å². The Labute approximate surface area is 99.5 Å². The minimum absolute atomic E-state index is 0.455. The number of rotatable bonds is 7. The van der Waals surface area contributed by atoms with E-state index in [9.17, 15) is 0 Å². The normalized spacial score (nSPS) is 26.2. The van der Waals surface area contributed by atoms with Gasteiger partial charge in [0.25, 0.3) is 0 Å². The van der Waals surface area contributed by atoms with E-state index in [2.05, 4.69) is 17.1 Å². The average Bonchev–Trinajstić information content (AvgIpc) is 3.15. The SMILES string of the molecule is CCCCN(CCC1CNCCO1)C1CC1. The van der Waals surface area contributed by atoms with Crippen LogP contribution in [0.5, 0.6) is 0 Å². The highest BCUT2D eigenvalue weighted by Crippen LogP contribution is 2.27. The van der Waals surface area contributed by atoms with Crippen LogP contribution in [-0.2, 0) is 4.74 Å². The summed E-state index contributed by atoms with van der Waals surface area (Å²) in [4.78, 5) is 2.68. The largest absolute Gasteiger partial charge is 0.376 e. The van der Waals surface area contributed by atoms with Crippen molar-refractivity contribution >= 4 is 0 Å². The topological polar surface area (TPSA) is 24.5 Å². The monoisotopic (exact) mass is 226 g/mol. The van der Waals surface area contributed by atoms with Gasteiger partial charge in [-0.15, -0.1) is 0 Å². The van der Waals surface area contributed by atoms with Gasteiger partial charge in [-0.25, -0.2) is 0 Å². The minimum atomic E-state index is 0.455. The maximum atomic E-state index is 5.74. The lowest BCUT2D eigenvalue weighted by atomic mass is 10.2. The van der Waals surface area contributed by atoms with Gasteiger partial charge in [-0.1, -0.05) is 13.3 Å². The fourth-order valence-corrected chi connectivity index (χ4v) is 2.39. The molecule has 1 saturated carbocycles. The van der Waals surface area contributed by atoms with Crippen LogP contribution in [0, 0.1) is 0 Å². The summed E-state index contributed by atoms with van der Waals surface area (Å²) in [6.07, 6.45) is 7.16. The first-order valence-corrected chi connectivity index (χ1v) is 6.96. The lowest BCUT2D eigenvalue weighted by molar-refractivity contribution is 0.0168. The molecule has 1 aliphatic carbocycles. The van der Waals surface area contributed by atoms with Crippen LogP contribution >= 0.6 is 0 Å². The van der Waals surface area contributed by atoms with E-state index in [0.29, 0.717) is 6.10 Å². The number of morpholine rings is 1. The van der Waals surface area contributed by atoms with E-state index in [-0.39, 0.29) is 0 Å². The van der Waals surface area contributed by atoms with Crippen molar-refractivity contribution in [3.63, 3.8) is 0 Å². The van der Waals surface area contributed by atoms with Crippen LogP contribution in [-0.4, -0.2) is 49.8 Å². The molecule has 3 heteroatoms. The highest BCUT2D eigenvalue weighted by atomic mass is 16.5. The summed E-state index contributed by atoms with van der Waals surface area (Å²) in [5.74, 6) is 0. The summed E-state index contributed by atoms with van der Waals surface area (Å²) < 4.78 is 5.74. The van der Waals surface area contributed by atoms with E-state index in [1.807, 2.05) is 0 Å². The van der Waals surface area contributed by atoms with Crippen LogP contribution in [0.1, 0.15) is 39.0 Å². The Morgan fingerprint density at radius 3 is 2.81 bits per heavy atom. The number of unbranched alkanes of at least 4 members (excludes halogenated alkanes) is 1. The molecule has 0 aromatic carbocycles. The predicted octanol–water partition coefficient (Wildman–Crippen LogP) is 1.63. The summed E-state index contributed by atoms with van der Waals surface area (Å²) in [5.41, 5.74) is 0. The predicted molar refractivity (Wildman–Crippen MR) is 66.7 cm³/mol. The van der Waals surface area contributed by atoms with Gasteiger partial charge in [-0.05, 0) is 32.2 Å². The molecule has 2 aliphatic rings. The number of nitrogens with one attached hydrogen (secondary N) is 1. The van der Waals surface area contributed by atoms with Crippen LogP contribution in [0.2, 0.25) is 0 Å². The molecule has 1 atom stereocenters. The van der Waals surface area contributed by atoms with E-state index in [1.54, 1.807) is 0 Å². The second kappa shape index (κ2) is 6.58. The maximum absolute atomic E-state index is 5.74. The van der Waals surface area contributed by atoms with Gasteiger partial charge in [0.1, 0.15) is 0 Å². The van der Waals surface area contributed by atoms with E-state index >= 15 is 0 Å². The van der Waals surface area contributed by atoms with E-state index in [0.717, 1.165) is 25.7 Å². The molecule has 0 bridgehead atoms. The molecular weight excluding hydrogens is 200 g/mol. The van der Waals surface area contributed by atoms with Crippen molar-refractivity contribution in [1.29, 1.82) is 0 Å². The summed E-state index contributed by atoms with van der Waals surface area (Å²) in [5, 5.41) is 3.40. The number of nitrogens with zero attached hydrogens (tertiary/aromatic N) is 1. The third-order valence-corrected chi connectivity index (χ3v) is 3.60. The molecule has 2 fully saturated rings. The van der Waals surface area contributed by atoms with Crippen LogP contribution in [0.3, 0.4) is 0 Å². The van der Waals surface area contributed by atoms with E-state index < -0.39 is 0 Å². The van der Waals surface area contributed by atoms with Crippen LogP contribution in [0.15, 0.2) is 0 Å². The zero-order chi connectivity index (χ0) is 11.2. The molecule has 0 radical (unpaired) electrons. The zero-order valence-corrected chi connectivity index (χ0v) is 10.6. The lowest BCUT2D eigenvalue weighted by Gasteiger charge is -2.27.